The first-order valence-electron chi connectivity index (χ1n) is 10.8. The third-order valence-electron chi connectivity index (χ3n) is 5.54. The van der Waals surface area contributed by atoms with Crippen molar-refractivity contribution in [2.24, 2.45) is 0 Å². The van der Waals surface area contributed by atoms with Crippen LogP contribution in [0.2, 0.25) is 0 Å². The number of methoxy groups -OCH3 is 1. The van der Waals surface area contributed by atoms with Gasteiger partial charge in [0.2, 0.25) is 5.82 Å². The van der Waals surface area contributed by atoms with E-state index in [2.05, 4.69) is 20.4 Å². The van der Waals surface area contributed by atoms with Crippen molar-refractivity contribution in [3.8, 4) is 17.1 Å². The zero-order chi connectivity index (χ0) is 25.1. The molecule has 0 amide bonds. The first kappa shape index (κ1) is 23.8. The molecule has 1 aromatic carbocycles. The van der Waals surface area contributed by atoms with Crippen LogP contribution in [0.3, 0.4) is 0 Å². The average Bonchev–Trinajstić information content (AvgIpc) is 2.83. The van der Waals surface area contributed by atoms with Crippen molar-refractivity contribution in [1.29, 1.82) is 0 Å². The Morgan fingerprint density at radius 2 is 2.06 bits per heavy atom. The summed E-state index contributed by atoms with van der Waals surface area (Å²) in [6.45, 7) is 2.20. The zero-order valence-electron chi connectivity index (χ0n) is 19.0. The molecule has 0 bridgehead atoms. The van der Waals surface area contributed by atoms with Crippen LogP contribution in [0.25, 0.3) is 22.2 Å². The van der Waals surface area contributed by atoms with E-state index in [-0.39, 0.29) is 45.6 Å². The lowest BCUT2D eigenvalue weighted by Crippen LogP contribution is -2.23. The van der Waals surface area contributed by atoms with E-state index in [1.54, 1.807) is 12.3 Å². The number of nitrogens with zero attached hydrogens (tertiary/aromatic N) is 4. The molecule has 10 nitrogen and oxygen atoms in total. The van der Waals surface area contributed by atoms with Gasteiger partial charge in [0.1, 0.15) is 5.82 Å². The fourth-order valence-electron chi connectivity index (χ4n) is 3.71. The van der Waals surface area contributed by atoms with Crippen molar-refractivity contribution in [2.45, 2.75) is 32.4 Å². The van der Waals surface area contributed by atoms with E-state index in [0.29, 0.717) is 24.8 Å². The third kappa shape index (κ3) is 4.95. The molecule has 4 N–H and O–H groups in total. The number of benzene rings is 1. The summed E-state index contributed by atoms with van der Waals surface area (Å²) in [5.74, 6) is -1.14. The van der Waals surface area contributed by atoms with Gasteiger partial charge >= 0.3 is 5.56 Å². The molecule has 0 aliphatic carbocycles. The lowest BCUT2D eigenvalue weighted by atomic mass is 10.1. The molecule has 35 heavy (non-hydrogen) atoms. The minimum Gasteiger partial charge on any atom is -0.491 e. The normalized spacial score (nSPS) is 12.0. The number of pyridine rings is 1. The number of anilines is 2. The predicted molar refractivity (Wildman–Crippen MR) is 127 cm³/mol. The SMILES string of the molecule is COc1cnc(-c2cc3ccn(CCC[C@H](C)Nc4cn[nH]c(=O)c4F)c(=O)c3cc2F)nc1N. The van der Waals surface area contributed by atoms with Gasteiger partial charge in [-0.1, -0.05) is 0 Å². The Morgan fingerprint density at radius 1 is 1.26 bits per heavy atom. The monoisotopic (exact) mass is 483 g/mol. The topological polar surface area (TPSA) is 141 Å². The van der Waals surface area contributed by atoms with Gasteiger partial charge in [-0.25, -0.2) is 19.5 Å². The minimum absolute atomic E-state index is 0.0120. The fraction of sp³-hybridized carbons (Fsp3) is 0.261. The number of aryl methyl sites for hydroxylation is 1. The number of nitrogens with one attached hydrogen (secondary N) is 2. The van der Waals surface area contributed by atoms with Crippen molar-refractivity contribution >= 4 is 22.3 Å². The van der Waals surface area contributed by atoms with E-state index in [1.807, 2.05) is 12.0 Å². The van der Waals surface area contributed by atoms with Crippen LogP contribution < -0.4 is 26.9 Å². The van der Waals surface area contributed by atoms with Gasteiger partial charge in [-0.15, -0.1) is 0 Å². The van der Waals surface area contributed by atoms with Gasteiger partial charge in [-0.05, 0) is 43.4 Å². The molecule has 4 aromatic rings. The maximum absolute atomic E-state index is 14.9. The van der Waals surface area contributed by atoms with E-state index in [0.717, 1.165) is 0 Å². The van der Waals surface area contributed by atoms with Crippen LogP contribution in [-0.4, -0.2) is 37.9 Å². The van der Waals surface area contributed by atoms with Gasteiger partial charge < -0.3 is 20.4 Å². The summed E-state index contributed by atoms with van der Waals surface area (Å²) in [4.78, 5) is 32.4. The highest BCUT2D eigenvalue weighted by molar-refractivity contribution is 5.86. The van der Waals surface area contributed by atoms with Crippen LogP contribution in [-0.2, 0) is 6.54 Å². The Bertz CT molecular complexity index is 1500. The third-order valence-corrected chi connectivity index (χ3v) is 5.54. The summed E-state index contributed by atoms with van der Waals surface area (Å²) in [5, 5.41) is 9.25. The molecule has 12 heteroatoms. The Morgan fingerprint density at radius 3 is 2.80 bits per heavy atom. The van der Waals surface area contributed by atoms with Crippen LogP contribution >= 0.6 is 0 Å². The largest absolute Gasteiger partial charge is 0.491 e. The fourth-order valence-corrected chi connectivity index (χ4v) is 3.71. The van der Waals surface area contributed by atoms with Crippen molar-refractivity contribution in [2.75, 3.05) is 18.2 Å². The van der Waals surface area contributed by atoms with Crippen molar-refractivity contribution in [1.82, 2.24) is 24.7 Å². The van der Waals surface area contributed by atoms with Gasteiger partial charge in [0.05, 0.1) is 36.1 Å². The highest BCUT2D eigenvalue weighted by Gasteiger charge is 2.15. The lowest BCUT2D eigenvalue weighted by molar-refractivity contribution is 0.413. The first-order chi connectivity index (χ1) is 16.8. The highest BCUT2D eigenvalue weighted by atomic mass is 19.1. The molecule has 0 aliphatic rings. The zero-order valence-corrected chi connectivity index (χ0v) is 19.0. The number of nitrogens with two attached hydrogens (primary N) is 1. The molecular weight excluding hydrogens is 460 g/mol. The number of nitrogen functional groups attached to an aromatic ring is 1. The van der Waals surface area contributed by atoms with Crippen LogP contribution in [0.4, 0.5) is 20.3 Å². The molecule has 3 aromatic heterocycles. The molecule has 182 valence electrons. The summed E-state index contributed by atoms with van der Waals surface area (Å²) >= 11 is 0. The second-order valence-electron chi connectivity index (χ2n) is 8.00. The van der Waals surface area contributed by atoms with Crippen molar-refractivity contribution < 1.29 is 13.5 Å². The molecule has 0 fully saturated rings. The maximum Gasteiger partial charge on any atom is 0.302 e. The number of ether oxygens (including phenoxy) is 1. The average molecular weight is 483 g/mol. The van der Waals surface area contributed by atoms with Crippen molar-refractivity contribution in [3.05, 3.63) is 69.1 Å². The number of aromatic amines is 1. The first-order valence-corrected chi connectivity index (χ1v) is 10.8. The summed E-state index contributed by atoms with van der Waals surface area (Å²) < 4.78 is 35.2. The van der Waals surface area contributed by atoms with Gasteiger partial charge in [-0.2, -0.15) is 9.49 Å². The number of rotatable bonds is 8. The molecule has 0 aliphatic heterocycles. The van der Waals surface area contributed by atoms with Crippen LogP contribution in [0, 0.1) is 11.6 Å². The summed E-state index contributed by atoms with van der Waals surface area (Å²) in [6, 6.07) is 4.21. The maximum atomic E-state index is 14.9. The number of aromatic nitrogens is 5. The van der Waals surface area contributed by atoms with E-state index in [1.165, 1.54) is 36.2 Å². The van der Waals surface area contributed by atoms with Gasteiger partial charge in [0, 0.05) is 18.8 Å². The molecule has 0 spiro atoms. The van der Waals surface area contributed by atoms with Gasteiger partial charge in [-0.3, -0.25) is 9.59 Å². The number of hydrogen-bond acceptors (Lipinski definition) is 8. The van der Waals surface area contributed by atoms with Crippen molar-refractivity contribution in [3.63, 3.8) is 0 Å². The van der Waals surface area contributed by atoms with Crippen LogP contribution in [0.1, 0.15) is 19.8 Å². The highest BCUT2D eigenvalue weighted by Crippen LogP contribution is 2.27. The Labute approximate surface area is 197 Å². The molecule has 0 unspecified atom stereocenters. The molecule has 3 heterocycles. The van der Waals surface area contributed by atoms with Crippen LogP contribution in [0.5, 0.6) is 5.75 Å². The summed E-state index contributed by atoms with van der Waals surface area (Å²) in [7, 11) is 1.43. The quantitative estimate of drug-likeness (QED) is 0.347. The van der Waals surface area contributed by atoms with E-state index in [9.17, 15) is 18.4 Å². The molecule has 0 radical (unpaired) electrons. The second-order valence-corrected chi connectivity index (χ2v) is 8.00. The van der Waals surface area contributed by atoms with E-state index in [4.69, 9.17) is 10.5 Å². The van der Waals surface area contributed by atoms with Gasteiger partial charge in [0.25, 0.3) is 5.56 Å². The Kier molecular flexibility index (Phi) is 6.71. The van der Waals surface area contributed by atoms with E-state index >= 15 is 0 Å². The molecule has 0 saturated heterocycles. The minimum atomic E-state index is -0.929. The number of H-pyrrole nitrogens is 1. The standard InChI is InChI=1S/C23H23F2N7O3/c1-12(29-17-10-28-31-22(33)19(17)25)4-3-6-32-7-5-13-8-15(16(24)9-14(13)23(32)34)21-27-11-18(35-2)20(26)30-21/h5,7-12H,3-4,6H2,1-2H3,(H2,26,27,30)(H2,29,31,33)/t12-/m0/s1. The molecular formula is C23H23F2N7O3. The smallest absolute Gasteiger partial charge is 0.302 e. The predicted octanol–water partition coefficient (Wildman–Crippen LogP) is 2.69. The lowest BCUT2D eigenvalue weighted by Gasteiger charge is -2.15. The number of fused-ring (bicyclic) bond motifs is 1. The number of halogens is 2. The summed E-state index contributed by atoms with van der Waals surface area (Å²) in [6.07, 6.45) is 5.36. The molecule has 4 rings (SSSR count). The Balaban J connectivity index is 1.49. The second kappa shape index (κ2) is 9.87. The van der Waals surface area contributed by atoms with Gasteiger partial charge in [0.15, 0.2) is 17.4 Å². The molecule has 0 saturated carbocycles. The van der Waals surface area contributed by atoms with E-state index < -0.39 is 17.2 Å². The number of hydrogen-bond donors (Lipinski definition) is 3. The summed E-state index contributed by atoms with van der Waals surface area (Å²) in [5.41, 5.74) is 4.70. The Hall–Kier alpha value is -4.35. The molecule has 1 atom stereocenters. The van der Waals surface area contributed by atoms with Crippen LogP contribution in [0.15, 0.2) is 46.4 Å².